The van der Waals surface area contributed by atoms with E-state index >= 15 is 0 Å². The maximum atomic E-state index is 13.1. The van der Waals surface area contributed by atoms with Gasteiger partial charge in [-0.1, -0.05) is 59.6 Å². The predicted molar refractivity (Wildman–Crippen MR) is 130 cm³/mol. The van der Waals surface area contributed by atoms with E-state index in [0.717, 1.165) is 16.5 Å². The summed E-state index contributed by atoms with van der Waals surface area (Å²) in [5, 5.41) is 24.9. The lowest BCUT2D eigenvalue weighted by molar-refractivity contribution is 0.102. The first kappa shape index (κ1) is 21.8. The number of carbonyl (C=O) groups excluding carboxylic acids is 1. The molecule has 0 spiro atoms. The number of carbonyl (C=O) groups is 1. The summed E-state index contributed by atoms with van der Waals surface area (Å²) in [6, 6.07) is 19.5. The largest absolute Gasteiger partial charge is 0.505 e. The Kier molecular flexibility index (Phi) is 6.12. The fourth-order valence-corrected chi connectivity index (χ4v) is 3.64. The molecule has 0 saturated heterocycles. The SMILES string of the molecule is Cc1ccc(Cl)cc1N=Nc1c(O)c(C(=O)Nc2cc(Cl)ccc2C)cc2ccccc12. The number of benzene rings is 4. The first-order valence-corrected chi connectivity index (χ1v) is 10.6. The number of amides is 1. The number of aryl methyl sites for hydroxylation is 2. The number of hydrogen-bond donors (Lipinski definition) is 2. The van der Waals surface area contributed by atoms with E-state index in [-0.39, 0.29) is 17.0 Å². The summed E-state index contributed by atoms with van der Waals surface area (Å²) in [4.78, 5) is 13.1. The summed E-state index contributed by atoms with van der Waals surface area (Å²) < 4.78 is 0. The van der Waals surface area contributed by atoms with Crippen LogP contribution in [0.15, 0.2) is 77.0 Å². The van der Waals surface area contributed by atoms with Crippen LogP contribution in [0.25, 0.3) is 10.8 Å². The van der Waals surface area contributed by atoms with Gasteiger partial charge in [0, 0.05) is 21.1 Å². The Morgan fingerprint density at radius 1 is 0.875 bits per heavy atom. The smallest absolute Gasteiger partial charge is 0.259 e. The third-order valence-corrected chi connectivity index (χ3v) is 5.59. The summed E-state index contributed by atoms with van der Waals surface area (Å²) in [5.74, 6) is -0.738. The standard InChI is InChI=1S/C25H19Cl2N3O2/c1-14-7-9-17(26)12-21(14)28-25(32)20-11-16-5-3-4-6-19(16)23(24(20)31)30-29-22-13-18(27)10-8-15(22)2/h3-13,31H,1-2H3,(H,28,32). The molecule has 0 atom stereocenters. The zero-order chi connectivity index (χ0) is 22.8. The average molecular weight is 464 g/mol. The molecule has 0 aliphatic carbocycles. The zero-order valence-electron chi connectivity index (χ0n) is 17.4. The Morgan fingerprint density at radius 2 is 1.56 bits per heavy atom. The number of azo groups is 1. The lowest BCUT2D eigenvalue weighted by Gasteiger charge is -2.12. The number of phenolic OH excluding ortho intramolecular Hbond substituents is 1. The fraction of sp³-hybridized carbons (Fsp3) is 0.0800. The highest BCUT2D eigenvalue weighted by molar-refractivity contribution is 6.31. The quantitative estimate of drug-likeness (QED) is 0.299. The van der Waals surface area contributed by atoms with E-state index in [1.54, 1.807) is 30.3 Å². The molecule has 7 heteroatoms. The van der Waals surface area contributed by atoms with E-state index in [1.807, 2.05) is 50.2 Å². The molecule has 5 nitrogen and oxygen atoms in total. The van der Waals surface area contributed by atoms with E-state index in [2.05, 4.69) is 15.5 Å². The average Bonchev–Trinajstić information content (AvgIpc) is 2.77. The van der Waals surface area contributed by atoms with Crippen molar-refractivity contribution in [2.75, 3.05) is 5.32 Å². The zero-order valence-corrected chi connectivity index (χ0v) is 18.9. The molecule has 160 valence electrons. The molecule has 4 aromatic rings. The van der Waals surface area contributed by atoms with E-state index in [4.69, 9.17) is 23.2 Å². The Bertz CT molecular complexity index is 1380. The molecule has 0 radical (unpaired) electrons. The Labute approximate surface area is 195 Å². The summed E-state index contributed by atoms with van der Waals surface area (Å²) in [6.45, 7) is 3.75. The van der Waals surface area contributed by atoms with Gasteiger partial charge in [0.15, 0.2) is 5.75 Å². The lowest BCUT2D eigenvalue weighted by Crippen LogP contribution is -2.13. The van der Waals surface area contributed by atoms with Crippen molar-refractivity contribution in [3.63, 3.8) is 0 Å². The van der Waals surface area contributed by atoms with Crippen LogP contribution in [0.1, 0.15) is 21.5 Å². The van der Waals surface area contributed by atoms with Gasteiger partial charge in [-0.25, -0.2) is 0 Å². The first-order chi connectivity index (χ1) is 15.3. The second-order valence-corrected chi connectivity index (χ2v) is 8.26. The van der Waals surface area contributed by atoms with Crippen molar-refractivity contribution in [1.29, 1.82) is 0 Å². The molecule has 0 unspecified atom stereocenters. The van der Waals surface area contributed by atoms with Crippen molar-refractivity contribution in [2.45, 2.75) is 13.8 Å². The van der Waals surface area contributed by atoms with Crippen LogP contribution in [0.4, 0.5) is 17.1 Å². The van der Waals surface area contributed by atoms with Crippen LogP contribution >= 0.6 is 23.2 Å². The molecule has 0 bridgehead atoms. The van der Waals surface area contributed by atoms with Gasteiger partial charge in [-0.05, 0) is 60.7 Å². The molecule has 0 aliphatic heterocycles. The monoisotopic (exact) mass is 463 g/mol. The van der Waals surface area contributed by atoms with Gasteiger partial charge in [-0.15, -0.1) is 5.11 Å². The fourth-order valence-electron chi connectivity index (χ4n) is 3.30. The number of nitrogens with one attached hydrogen (secondary N) is 1. The van der Waals surface area contributed by atoms with Crippen molar-refractivity contribution in [3.8, 4) is 5.75 Å². The van der Waals surface area contributed by atoms with Crippen LogP contribution < -0.4 is 5.32 Å². The van der Waals surface area contributed by atoms with Gasteiger partial charge >= 0.3 is 0 Å². The second kappa shape index (κ2) is 8.99. The highest BCUT2D eigenvalue weighted by Gasteiger charge is 2.19. The van der Waals surface area contributed by atoms with Crippen molar-refractivity contribution in [3.05, 3.63) is 93.5 Å². The van der Waals surface area contributed by atoms with Gasteiger partial charge in [-0.3, -0.25) is 4.79 Å². The van der Waals surface area contributed by atoms with Crippen LogP contribution in [0.5, 0.6) is 5.75 Å². The first-order valence-electron chi connectivity index (χ1n) is 9.83. The second-order valence-electron chi connectivity index (χ2n) is 7.39. The number of hydrogen-bond acceptors (Lipinski definition) is 4. The summed E-state index contributed by atoms with van der Waals surface area (Å²) >= 11 is 12.1. The number of phenols is 1. The summed E-state index contributed by atoms with van der Waals surface area (Å²) in [5.41, 5.74) is 3.15. The number of nitrogens with zero attached hydrogens (tertiary/aromatic N) is 2. The Balaban J connectivity index is 1.80. The van der Waals surface area contributed by atoms with E-state index in [1.165, 1.54) is 0 Å². The molecule has 4 rings (SSSR count). The maximum Gasteiger partial charge on any atom is 0.259 e. The summed E-state index contributed by atoms with van der Waals surface area (Å²) in [7, 11) is 0. The molecular weight excluding hydrogens is 445 g/mol. The van der Waals surface area contributed by atoms with Gasteiger partial charge in [0.25, 0.3) is 5.91 Å². The van der Waals surface area contributed by atoms with E-state index in [9.17, 15) is 9.90 Å². The Hall–Kier alpha value is -3.41. The van der Waals surface area contributed by atoms with Crippen LogP contribution in [-0.4, -0.2) is 11.0 Å². The van der Waals surface area contributed by atoms with Crippen molar-refractivity contribution in [1.82, 2.24) is 0 Å². The Morgan fingerprint density at radius 3 is 2.34 bits per heavy atom. The third-order valence-electron chi connectivity index (χ3n) is 5.12. The van der Waals surface area contributed by atoms with Crippen molar-refractivity contribution in [2.24, 2.45) is 10.2 Å². The molecular formula is C25H19Cl2N3O2. The van der Waals surface area contributed by atoms with Crippen LogP contribution in [0, 0.1) is 13.8 Å². The minimum Gasteiger partial charge on any atom is -0.505 e. The van der Waals surface area contributed by atoms with E-state index in [0.29, 0.717) is 26.8 Å². The van der Waals surface area contributed by atoms with Crippen molar-refractivity contribution < 1.29 is 9.90 Å². The summed E-state index contributed by atoms with van der Waals surface area (Å²) in [6.07, 6.45) is 0. The number of fused-ring (bicyclic) bond motifs is 1. The minimum atomic E-state index is -0.478. The molecule has 0 aliphatic rings. The molecule has 2 N–H and O–H groups in total. The predicted octanol–water partition coefficient (Wildman–Crippen LogP) is 8.14. The molecule has 4 aromatic carbocycles. The molecule has 0 fully saturated rings. The third kappa shape index (κ3) is 4.44. The number of halogens is 2. The highest BCUT2D eigenvalue weighted by atomic mass is 35.5. The van der Waals surface area contributed by atoms with Crippen LogP contribution in [-0.2, 0) is 0 Å². The van der Waals surface area contributed by atoms with Crippen molar-refractivity contribution >= 4 is 56.9 Å². The normalized spacial score (nSPS) is 11.2. The minimum absolute atomic E-state index is 0.0832. The molecule has 0 heterocycles. The van der Waals surface area contributed by atoms with Gasteiger partial charge < -0.3 is 10.4 Å². The van der Waals surface area contributed by atoms with E-state index < -0.39 is 5.91 Å². The molecule has 0 aromatic heterocycles. The number of anilines is 1. The molecule has 1 amide bonds. The van der Waals surface area contributed by atoms with Gasteiger partial charge in [0.05, 0.1) is 11.3 Å². The van der Waals surface area contributed by atoms with Gasteiger partial charge in [0.2, 0.25) is 0 Å². The van der Waals surface area contributed by atoms with Gasteiger partial charge in [-0.2, -0.15) is 5.11 Å². The highest BCUT2D eigenvalue weighted by Crippen LogP contribution is 2.40. The van der Waals surface area contributed by atoms with Crippen LogP contribution in [0.3, 0.4) is 0 Å². The van der Waals surface area contributed by atoms with Gasteiger partial charge in [0.1, 0.15) is 5.69 Å². The topological polar surface area (TPSA) is 74.0 Å². The molecule has 32 heavy (non-hydrogen) atoms. The van der Waals surface area contributed by atoms with Crippen LogP contribution in [0.2, 0.25) is 10.0 Å². The molecule has 0 saturated carbocycles. The maximum absolute atomic E-state index is 13.1. The number of aromatic hydroxyl groups is 1. The lowest BCUT2D eigenvalue weighted by atomic mass is 10.0. The number of rotatable bonds is 4.